The molecule has 0 aromatic carbocycles. The van der Waals surface area contributed by atoms with Gasteiger partial charge in [0.05, 0.1) is 0 Å². The molecule has 0 aromatic rings. The van der Waals surface area contributed by atoms with Crippen molar-refractivity contribution in [2.45, 2.75) is 50.6 Å². The van der Waals surface area contributed by atoms with E-state index in [1.54, 1.807) is 0 Å². The van der Waals surface area contributed by atoms with Crippen LogP contribution in [0.2, 0.25) is 0 Å². The molecule has 1 aliphatic heterocycles. The molecule has 3 heteroatoms. The molecule has 2 N–H and O–H groups in total. The number of likely N-dealkylation sites (N-methyl/N-ethyl adjacent to an activating group) is 1. The third-order valence-electron chi connectivity index (χ3n) is 4.47. The van der Waals surface area contributed by atoms with Crippen LogP contribution in [0.5, 0.6) is 0 Å². The van der Waals surface area contributed by atoms with Crippen LogP contribution in [0.15, 0.2) is 0 Å². The van der Waals surface area contributed by atoms with E-state index in [1.165, 1.54) is 38.6 Å². The minimum atomic E-state index is 0.299. The highest BCUT2D eigenvalue weighted by molar-refractivity contribution is 4.91. The Kier molecular flexibility index (Phi) is 4.62. The molecule has 3 unspecified atom stereocenters. The summed E-state index contributed by atoms with van der Waals surface area (Å²) in [6, 6.07) is 1.31. The van der Waals surface area contributed by atoms with Crippen molar-refractivity contribution in [3.05, 3.63) is 0 Å². The molecule has 0 bridgehead atoms. The van der Waals surface area contributed by atoms with Crippen molar-refractivity contribution in [2.24, 2.45) is 5.92 Å². The molecule has 2 fully saturated rings. The van der Waals surface area contributed by atoms with Crippen molar-refractivity contribution < 1.29 is 5.11 Å². The second kappa shape index (κ2) is 5.99. The summed E-state index contributed by atoms with van der Waals surface area (Å²) in [6.45, 7) is 2.70. The van der Waals surface area contributed by atoms with Crippen LogP contribution >= 0.6 is 0 Å². The second-order valence-electron chi connectivity index (χ2n) is 5.39. The van der Waals surface area contributed by atoms with Gasteiger partial charge in [0.15, 0.2) is 0 Å². The monoisotopic (exact) mass is 226 g/mol. The minimum Gasteiger partial charge on any atom is -0.396 e. The van der Waals surface area contributed by atoms with Crippen molar-refractivity contribution in [1.82, 2.24) is 10.2 Å². The molecule has 1 saturated heterocycles. The summed E-state index contributed by atoms with van der Waals surface area (Å²) in [4.78, 5) is 2.67. The van der Waals surface area contributed by atoms with Gasteiger partial charge in [0.2, 0.25) is 0 Å². The molecule has 94 valence electrons. The standard InChI is InChI=1S/C13H26N2O/c1-14-12(7-9-16)10-15-8-6-11-4-2-3-5-13(11)15/h11-14,16H,2-10H2,1H3. The van der Waals surface area contributed by atoms with Crippen LogP contribution < -0.4 is 5.32 Å². The van der Waals surface area contributed by atoms with Gasteiger partial charge in [-0.1, -0.05) is 12.8 Å². The Hall–Kier alpha value is -0.120. The molecule has 2 rings (SSSR count). The van der Waals surface area contributed by atoms with Gasteiger partial charge in [0.1, 0.15) is 0 Å². The molecule has 0 radical (unpaired) electrons. The maximum absolute atomic E-state index is 9.02. The fourth-order valence-electron chi connectivity index (χ4n) is 3.50. The van der Waals surface area contributed by atoms with Gasteiger partial charge in [-0.2, -0.15) is 0 Å². The highest BCUT2D eigenvalue weighted by atomic mass is 16.3. The van der Waals surface area contributed by atoms with Crippen LogP contribution in [-0.2, 0) is 0 Å². The van der Waals surface area contributed by atoms with Crippen molar-refractivity contribution in [2.75, 3.05) is 26.7 Å². The van der Waals surface area contributed by atoms with Gasteiger partial charge in [0.25, 0.3) is 0 Å². The predicted molar refractivity (Wildman–Crippen MR) is 66.5 cm³/mol. The van der Waals surface area contributed by atoms with Gasteiger partial charge >= 0.3 is 0 Å². The first-order chi connectivity index (χ1) is 7.85. The molecule has 3 atom stereocenters. The molecular formula is C13H26N2O. The Morgan fingerprint density at radius 2 is 2.12 bits per heavy atom. The topological polar surface area (TPSA) is 35.5 Å². The Morgan fingerprint density at radius 3 is 2.88 bits per heavy atom. The van der Waals surface area contributed by atoms with E-state index in [2.05, 4.69) is 10.2 Å². The molecule has 0 aromatic heterocycles. The fourth-order valence-corrected chi connectivity index (χ4v) is 3.50. The van der Waals surface area contributed by atoms with Crippen LogP contribution in [-0.4, -0.2) is 48.8 Å². The van der Waals surface area contributed by atoms with E-state index < -0.39 is 0 Å². The minimum absolute atomic E-state index is 0.299. The average Bonchev–Trinajstić information content (AvgIpc) is 2.72. The number of aliphatic hydroxyl groups is 1. The fraction of sp³-hybridized carbons (Fsp3) is 1.00. The van der Waals surface area contributed by atoms with Crippen LogP contribution in [0.4, 0.5) is 0 Å². The number of likely N-dealkylation sites (tertiary alicyclic amines) is 1. The lowest BCUT2D eigenvalue weighted by atomic mass is 9.85. The number of fused-ring (bicyclic) bond motifs is 1. The van der Waals surface area contributed by atoms with Gasteiger partial charge in [0, 0.05) is 25.2 Å². The second-order valence-corrected chi connectivity index (χ2v) is 5.39. The smallest absolute Gasteiger partial charge is 0.0446 e. The molecule has 3 nitrogen and oxygen atoms in total. The first-order valence-corrected chi connectivity index (χ1v) is 6.87. The molecule has 0 amide bonds. The summed E-state index contributed by atoms with van der Waals surface area (Å²) in [7, 11) is 2.01. The zero-order chi connectivity index (χ0) is 11.4. The van der Waals surface area contributed by atoms with Crippen molar-refractivity contribution in [3.8, 4) is 0 Å². The largest absolute Gasteiger partial charge is 0.396 e. The summed E-state index contributed by atoms with van der Waals surface area (Å²) in [5, 5.41) is 12.3. The molecule has 1 saturated carbocycles. The van der Waals surface area contributed by atoms with Gasteiger partial charge < -0.3 is 10.4 Å². The van der Waals surface area contributed by atoms with Crippen molar-refractivity contribution in [3.63, 3.8) is 0 Å². The normalized spacial score (nSPS) is 32.6. The molecule has 2 aliphatic rings. The first kappa shape index (κ1) is 12.3. The Balaban J connectivity index is 1.84. The third-order valence-corrected chi connectivity index (χ3v) is 4.47. The molecule has 0 spiro atoms. The zero-order valence-corrected chi connectivity index (χ0v) is 10.5. The average molecular weight is 226 g/mol. The molecular weight excluding hydrogens is 200 g/mol. The highest BCUT2D eigenvalue weighted by Gasteiger charge is 2.35. The summed E-state index contributed by atoms with van der Waals surface area (Å²) in [5.41, 5.74) is 0. The van der Waals surface area contributed by atoms with Crippen molar-refractivity contribution in [1.29, 1.82) is 0 Å². The molecule has 1 aliphatic carbocycles. The Bertz CT molecular complexity index is 210. The van der Waals surface area contributed by atoms with E-state index >= 15 is 0 Å². The van der Waals surface area contributed by atoms with E-state index in [9.17, 15) is 0 Å². The lowest BCUT2D eigenvalue weighted by molar-refractivity contribution is 0.158. The highest BCUT2D eigenvalue weighted by Crippen LogP contribution is 2.36. The number of aliphatic hydroxyl groups excluding tert-OH is 1. The van der Waals surface area contributed by atoms with Gasteiger partial charge in [-0.3, -0.25) is 4.90 Å². The maximum atomic E-state index is 9.02. The van der Waals surface area contributed by atoms with Gasteiger partial charge in [-0.05, 0) is 45.2 Å². The summed E-state index contributed by atoms with van der Waals surface area (Å²) < 4.78 is 0. The maximum Gasteiger partial charge on any atom is 0.0446 e. The van der Waals surface area contributed by atoms with Crippen molar-refractivity contribution >= 4 is 0 Å². The number of hydrogen-bond donors (Lipinski definition) is 2. The summed E-state index contributed by atoms with van der Waals surface area (Å²) >= 11 is 0. The molecule has 16 heavy (non-hydrogen) atoms. The lowest BCUT2D eigenvalue weighted by Crippen LogP contribution is -2.44. The van der Waals surface area contributed by atoms with Gasteiger partial charge in [-0.15, -0.1) is 0 Å². The Morgan fingerprint density at radius 1 is 1.31 bits per heavy atom. The van der Waals surface area contributed by atoms with Crippen LogP contribution in [0.1, 0.15) is 38.5 Å². The predicted octanol–water partition coefficient (Wildman–Crippen LogP) is 1.22. The summed E-state index contributed by atoms with van der Waals surface area (Å²) in [5.74, 6) is 0.973. The van der Waals surface area contributed by atoms with E-state index in [0.717, 1.165) is 24.9 Å². The van der Waals surface area contributed by atoms with E-state index in [4.69, 9.17) is 5.11 Å². The summed E-state index contributed by atoms with van der Waals surface area (Å²) in [6.07, 6.45) is 8.00. The van der Waals surface area contributed by atoms with E-state index in [1.807, 2.05) is 7.05 Å². The van der Waals surface area contributed by atoms with Crippen LogP contribution in [0.25, 0.3) is 0 Å². The zero-order valence-electron chi connectivity index (χ0n) is 10.5. The quantitative estimate of drug-likeness (QED) is 0.740. The Labute approximate surface area is 99.2 Å². The SMILES string of the molecule is CNC(CCO)CN1CCC2CCCCC21. The third kappa shape index (κ3) is 2.76. The number of rotatable bonds is 5. The first-order valence-electron chi connectivity index (χ1n) is 6.87. The lowest BCUT2D eigenvalue weighted by Gasteiger charge is -2.33. The van der Waals surface area contributed by atoms with E-state index in [0.29, 0.717) is 12.6 Å². The number of nitrogens with zero attached hydrogens (tertiary/aromatic N) is 1. The number of nitrogens with one attached hydrogen (secondary N) is 1. The van der Waals surface area contributed by atoms with Gasteiger partial charge in [-0.25, -0.2) is 0 Å². The van der Waals surface area contributed by atoms with Crippen LogP contribution in [0, 0.1) is 5.92 Å². The molecule has 1 heterocycles. The van der Waals surface area contributed by atoms with Crippen LogP contribution in [0.3, 0.4) is 0 Å². The number of hydrogen-bond acceptors (Lipinski definition) is 3. The van der Waals surface area contributed by atoms with E-state index in [-0.39, 0.29) is 0 Å².